The van der Waals surface area contributed by atoms with E-state index in [1.165, 1.54) is 6.92 Å². The van der Waals surface area contributed by atoms with Crippen molar-refractivity contribution >= 4 is 22.9 Å². The zero-order valence-electron chi connectivity index (χ0n) is 12.4. The van der Waals surface area contributed by atoms with Crippen molar-refractivity contribution in [3.63, 3.8) is 0 Å². The fourth-order valence-electron chi connectivity index (χ4n) is 2.78. The molecule has 2 aliphatic heterocycles. The lowest BCUT2D eigenvalue weighted by Gasteiger charge is -2.31. The van der Waals surface area contributed by atoms with Crippen molar-refractivity contribution in [1.29, 1.82) is 0 Å². The summed E-state index contributed by atoms with van der Waals surface area (Å²) in [5.74, 6) is -1.14. The van der Waals surface area contributed by atoms with Gasteiger partial charge in [0.2, 0.25) is 5.91 Å². The Hall–Kier alpha value is -1.45. The summed E-state index contributed by atoms with van der Waals surface area (Å²) in [6.07, 6.45) is -0.802. The number of thiol groups is 1. The van der Waals surface area contributed by atoms with Crippen molar-refractivity contribution < 1.29 is 31.7 Å². The second-order valence-corrected chi connectivity index (χ2v) is 6.33. The van der Waals surface area contributed by atoms with Gasteiger partial charge in [-0.05, 0) is 26.7 Å². The molecular formula is C13H19NO7S. The van der Waals surface area contributed by atoms with Crippen LogP contribution in [0, 0.1) is 0 Å². The normalized spacial score (nSPS) is 33.0. The molecular weight excluding hydrogens is 314 g/mol. The minimum Gasteiger partial charge on any atom is -0.455 e. The molecule has 8 nitrogen and oxygen atoms in total. The highest BCUT2D eigenvalue weighted by Crippen LogP contribution is 2.46. The lowest BCUT2D eigenvalue weighted by atomic mass is 9.85. The van der Waals surface area contributed by atoms with Crippen molar-refractivity contribution in [3.8, 4) is 0 Å². The fraction of sp³-hybridized carbons (Fsp3) is 0.692. The standard InChI is InChI=1S/C13H19NO7S/c1-7(2)12(16)14-6-9(15)19-11-10(21-22(17)18)8-4-5-13(11,3)20-8/h8,10-11,22H,1,4-6H2,2-3H3,(H,14,16). The number of carbonyl (C=O) groups excluding carboxylic acids is 2. The van der Waals surface area contributed by atoms with Crippen LogP contribution < -0.4 is 5.32 Å². The third-order valence-corrected chi connectivity index (χ3v) is 4.28. The molecule has 22 heavy (non-hydrogen) atoms. The minimum absolute atomic E-state index is 0.271. The summed E-state index contributed by atoms with van der Waals surface area (Å²) in [6.45, 7) is 6.38. The summed E-state index contributed by atoms with van der Waals surface area (Å²) < 4.78 is 37.4. The molecule has 0 radical (unpaired) electrons. The molecule has 0 aromatic carbocycles. The van der Waals surface area contributed by atoms with Crippen LogP contribution in [0.2, 0.25) is 0 Å². The SMILES string of the molecule is C=C(C)C(=O)NCC(=O)OC1C(O[SH](=O)=O)C2CCC1(C)O2. The van der Waals surface area contributed by atoms with Gasteiger partial charge in [-0.3, -0.25) is 13.8 Å². The summed E-state index contributed by atoms with van der Waals surface area (Å²) in [5, 5.41) is 2.35. The molecule has 1 N–H and O–H groups in total. The Morgan fingerprint density at radius 1 is 1.45 bits per heavy atom. The van der Waals surface area contributed by atoms with Crippen molar-refractivity contribution in [3.05, 3.63) is 12.2 Å². The van der Waals surface area contributed by atoms with Crippen LogP contribution in [0.3, 0.4) is 0 Å². The van der Waals surface area contributed by atoms with Crippen LogP contribution in [-0.4, -0.2) is 50.8 Å². The van der Waals surface area contributed by atoms with E-state index in [2.05, 4.69) is 11.9 Å². The summed E-state index contributed by atoms with van der Waals surface area (Å²) >= 11 is 0. The molecule has 0 aliphatic carbocycles. The van der Waals surface area contributed by atoms with E-state index in [0.717, 1.165) is 0 Å². The van der Waals surface area contributed by atoms with Crippen molar-refractivity contribution in [2.75, 3.05) is 6.54 Å². The predicted molar refractivity (Wildman–Crippen MR) is 75.4 cm³/mol. The van der Waals surface area contributed by atoms with Crippen LogP contribution in [0.15, 0.2) is 12.2 Å². The number of rotatable bonds is 6. The lowest BCUT2D eigenvalue weighted by Crippen LogP contribution is -2.48. The number of amides is 1. The largest absolute Gasteiger partial charge is 0.455 e. The first-order valence-electron chi connectivity index (χ1n) is 6.85. The molecule has 0 aromatic rings. The van der Waals surface area contributed by atoms with Gasteiger partial charge < -0.3 is 14.8 Å². The Labute approximate surface area is 129 Å². The molecule has 4 unspecified atom stereocenters. The zero-order chi connectivity index (χ0) is 16.5. The first-order chi connectivity index (χ1) is 10.2. The quantitative estimate of drug-likeness (QED) is 0.381. The second-order valence-electron chi connectivity index (χ2n) is 5.67. The zero-order valence-corrected chi connectivity index (χ0v) is 13.3. The number of hydrogen-bond donors (Lipinski definition) is 2. The van der Waals surface area contributed by atoms with E-state index >= 15 is 0 Å². The molecule has 2 fully saturated rings. The molecule has 124 valence electrons. The molecule has 4 atom stereocenters. The maximum absolute atomic E-state index is 11.8. The molecule has 0 spiro atoms. The van der Waals surface area contributed by atoms with Gasteiger partial charge in [0.15, 0.2) is 6.10 Å². The number of nitrogens with one attached hydrogen (secondary N) is 1. The highest BCUT2D eigenvalue weighted by Gasteiger charge is 2.60. The van der Waals surface area contributed by atoms with Gasteiger partial charge in [0, 0.05) is 5.57 Å². The molecule has 1 amide bonds. The van der Waals surface area contributed by atoms with Gasteiger partial charge in [-0.2, -0.15) is 0 Å². The van der Waals surface area contributed by atoms with Gasteiger partial charge in [0.05, 0.1) is 6.10 Å². The van der Waals surface area contributed by atoms with Crippen LogP contribution in [0.25, 0.3) is 0 Å². The van der Waals surface area contributed by atoms with Gasteiger partial charge in [-0.15, -0.1) is 0 Å². The summed E-state index contributed by atoms with van der Waals surface area (Å²) in [6, 6.07) is 0. The highest BCUT2D eigenvalue weighted by atomic mass is 32.2. The molecule has 2 aliphatic rings. The van der Waals surface area contributed by atoms with Gasteiger partial charge in [-0.1, -0.05) is 6.58 Å². The van der Waals surface area contributed by atoms with Crippen molar-refractivity contribution in [2.24, 2.45) is 0 Å². The van der Waals surface area contributed by atoms with Crippen LogP contribution in [0.4, 0.5) is 0 Å². The average molecular weight is 333 g/mol. The molecule has 0 aromatic heterocycles. The second kappa shape index (κ2) is 6.35. The fourth-order valence-corrected chi connectivity index (χ4v) is 3.22. The predicted octanol–water partition coefficient (Wildman–Crippen LogP) is -0.547. The van der Waals surface area contributed by atoms with E-state index in [1.807, 2.05) is 0 Å². The topological polar surface area (TPSA) is 108 Å². The summed E-state index contributed by atoms with van der Waals surface area (Å²) in [5.41, 5.74) is -0.498. The van der Waals surface area contributed by atoms with Gasteiger partial charge in [0.25, 0.3) is 11.0 Å². The summed E-state index contributed by atoms with van der Waals surface area (Å²) in [4.78, 5) is 23.2. The lowest BCUT2D eigenvalue weighted by molar-refractivity contribution is -0.160. The maximum atomic E-state index is 11.8. The smallest absolute Gasteiger partial charge is 0.325 e. The Morgan fingerprint density at radius 3 is 2.73 bits per heavy atom. The Morgan fingerprint density at radius 2 is 2.14 bits per heavy atom. The number of fused-ring (bicyclic) bond motifs is 2. The van der Waals surface area contributed by atoms with Crippen LogP contribution in [0.5, 0.6) is 0 Å². The molecule has 2 heterocycles. The number of ether oxygens (including phenoxy) is 2. The van der Waals surface area contributed by atoms with E-state index in [0.29, 0.717) is 12.8 Å². The van der Waals surface area contributed by atoms with Crippen molar-refractivity contribution in [2.45, 2.75) is 50.6 Å². The van der Waals surface area contributed by atoms with E-state index in [-0.39, 0.29) is 12.1 Å². The third kappa shape index (κ3) is 3.47. The number of carbonyl (C=O) groups is 2. The van der Waals surface area contributed by atoms with E-state index in [4.69, 9.17) is 13.7 Å². The molecule has 2 saturated heterocycles. The van der Waals surface area contributed by atoms with Crippen LogP contribution >= 0.6 is 0 Å². The van der Waals surface area contributed by atoms with Gasteiger partial charge in [0.1, 0.15) is 18.2 Å². The third-order valence-electron chi connectivity index (χ3n) is 3.86. The average Bonchev–Trinajstić information content (AvgIpc) is 2.92. The van der Waals surface area contributed by atoms with Gasteiger partial charge in [-0.25, -0.2) is 8.42 Å². The highest BCUT2D eigenvalue weighted by molar-refractivity contribution is 7.67. The van der Waals surface area contributed by atoms with E-state index < -0.39 is 46.8 Å². The van der Waals surface area contributed by atoms with E-state index in [1.54, 1.807) is 6.92 Å². The Bertz CT molecular complexity index is 565. The van der Waals surface area contributed by atoms with Gasteiger partial charge >= 0.3 is 5.97 Å². The van der Waals surface area contributed by atoms with Crippen molar-refractivity contribution in [1.82, 2.24) is 5.32 Å². The minimum atomic E-state index is -3.08. The first-order valence-corrected chi connectivity index (χ1v) is 7.94. The number of esters is 1. The van der Waals surface area contributed by atoms with E-state index in [9.17, 15) is 18.0 Å². The molecule has 2 rings (SSSR count). The molecule has 0 saturated carbocycles. The monoisotopic (exact) mass is 333 g/mol. The Kier molecular flexibility index (Phi) is 4.88. The summed E-state index contributed by atoms with van der Waals surface area (Å²) in [7, 11) is -3.08. The maximum Gasteiger partial charge on any atom is 0.325 e. The number of hydrogen-bond acceptors (Lipinski definition) is 7. The molecule has 2 bridgehead atoms. The first kappa shape index (κ1) is 16.9. The van der Waals surface area contributed by atoms with Crippen LogP contribution in [-0.2, 0) is 34.2 Å². The Balaban J connectivity index is 1.98. The molecule has 9 heteroatoms. The van der Waals surface area contributed by atoms with Crippen LogP contribution in [0.1, 0.15) is 26.7 Å².